The predicted octanol–water partition coefficient (Wildman–Crippen LogP) is 4.07. The van der Waals surface area contributed by atoms with Gasteiger partial charge in [-0.05, 0) is 12.1 Å². The topological polar surface area (TPSA) is 63.6 Å². The monoisotopic (exact) mass is 473 g/mol. The van der Waals surface area contributed by atoms with Crippen molar-refractivity contribution in [3.63, 3.8) is 0 Å². The molecule has 1 aromatic heterocycles. The summed E-state index contributed by atoms with van der Waals surface area (Å²) in [6, 6.07) is 3.26. The molecule has 0 unspecified atom stereocenters. The van der Waals surface area contributed by atoms with Gasteiger partial charge in [-0.3, -0.25) is 4.99 Å². The number of rotatable bonds is 4. The number of hydrogen-bond acceptors (Lipinski definition) is 5. The fourth-order valence-electron chi connectivity index (χ4n) is 2.71. The molecule has 2 aromatic rings. The molecule has 1 aliphatic heterocycles. The van der Waals surface area contributed by atoms with Crippen LogP contribution in [0.5, 0.6) is 0 Å². The van der Waals surface area contributed by atoms with Crippen LogP contribution in [0.15, 0.2) is 46.7 Å². The number of halogens is 5. The average Bonchev–Trinajstić information content (AvgIpc) is 2.66. The third-order valence-corrected chi connectivity index (χ3v) is 4.84. The number of esters is 1. The zero-order valence-electron chi connectivity index (χ0n) is 14.3. The molecule has 28 heavy (non-hydrogen) atoms. The van der Waals surface area contributed by atoms with E-state index in [2.05, 4.69) is 31.2 Å². The molecular weight excluding hydrogens is 463 g/mol. The minimum Gasteiger partial charge on any atom is -0.466 e. The molecule has 5 nitrogen and oxygen atoms in total. The number of aromatic nitrogens is 1. The molecule has 1 aromatic carbocycles. The number of nitrogens with zero attached hydrogens (tertiary/aromatic N) is 2. The van der Waals surface area contributed by atoms with Gasteiger partial charge in [0.2, 0.25) is 0 Å². The van der Waals surface area contributed by atoms with Crippen molar-refractivity contribution in [1.82, 2.24) is 10.3 Å². The molecule has 0 aliphatic carbocycles. The first-order valence-corrected chi connectivity index (χ1v) is 9.34. The van der Waals surface area contributed by atoms with Crippen molar-refractivity contribution in [3.05, 3.63) is 75.5 Å². The van der Waals surface area contributed by atoms with E-state index in [1.807, 2.05) is 0 Å². The quantitative estimate of drug-likeness (QED) is 0.536. The van der Waals surface area contributed by atoms with Crippen LogP contribution in [-0.4, -0.2) is 29.2 Å². The Labute approximate surface area is 171 Å². The lowest BCUT2D eigenvalue weighted by molar-refractivity contribution is -0.136. The fourth-order valence-corrected chi connectivity index (χ4v) is 3.42. The Morgan fingerprint density at radius 1 is 1.29 bits per heavy atom. The molecule has 1 N–H and O–H groups in total. The van der Waals surface area contributed by atoms with Gasteiger partial charge in [-0.2, -0.15) is 0 Å². The molecule has 10 heteroatoms. The van der Waals surface area contributed by atoms with Crippen molar-refractivity contribution < 1.29 is 22.7 Å². The number of methoxy groups -OCH3 is 1. The summed E-state index contributed by atoms with van der Waals surface area (Å²) in [5.41, 5.74) is 0.502. The summed E-state index contributed by atoms with van der Waals surface area (Å²) in [5.74, 6) is -3.08. The maximum absolute atomic E-state index is 14.2. The van der Waals surface area contributed by atoms with Gasteiger partial charge in [-0.15, -0.1) is 0 Å². The number of carbonyl (C=O) groups is 1. The van der Waals surface area contributed by atoms with E-state index in [0.29, 0.717) is 17.3 Å². The van der Waals surface area contributed by atoms with Crippen molar-refractivity contribution in [2.24, 2.45) is 4.99 Å². The molecule has 1 atom stereocenters. The second-order valence-corrected chi connectivity index (χ2v) is 6.64. The number of nitrogens with one attached hydrogen (secondary N) is 1. The largest absolute Gasteiger partial charge is 0.466 e. The van der Waals surface area contributed by atoms with Crippen LogP contribution in [0.2, 0.25) is 5.02 Å². The maximum Gasteiger partial charge on any atom is 0.338 e. The summed E-state index contributed by atoms with van der Waals surface area (Å²) in [6.45, 7) is 0. The summed E-state index contributed by atoms with van der Waals surface area (Å²) in [7, 11) is 1.20. The molecule has 0 radical (unpaired) electrons. The standard InChI is InChI=1S/C18H12BrClF3N3O2/c1-28-18(27)14-13(6-19)25-17(16-12(23)5-9(22)7-24-16)26-15(14)10-3-2-8(21)4-11(10)20/h2-5,7,15H,6H2,1H3,(H,25,26)/t15-/m1/s1. The number of amidine groups is 1. The van der Waals surface area contributed by atoms with Crippen LogP contribution >= 0.6 is 27.5 Å². The second-order valence-electron chi connectivity index (χ2n) is 5.67. The first-order valence-electron chi connectivity index (χ1n) is 7.84. The van der Waals surface area contributed by atoms with Gasteiger partial charge in [0, 0.05) is 27.7 Å². The molecule has 0 amide bonds. The number of alkyl halides is 1. The minimum atomic E-state index is -1.02. The van der Waals surface area contributed by atoms with E-state index in [1.165, 1.54) is 13.2 Å². The number of hydrogen-bond donors (Lipinski definition) is 1. The van der Waals surface area contributed by atoms with E-state index in [4.69, 9.17) is 16.3 Å². The highest BCUT2D eigenvalue weighted by Crippen LogP contribution is 2.36. The molecule has 0 bridgehead atoms. The molecule has 0 fully saturated rings. The molecule has 0 saturated heterocycles. The number of benzene rings is 1. The Kier molecular flexibility index (Phi) is 6.04. The Morgan fingerprint density at radius 3 is 2.64 bits per heavy atom. The predicted molar refractivity (Wildman–Crippen MR) is 101 cm³/mol. The Morgan fingerprint density at radius 2 is 2.04 bits per heavy atom. The highest BCUT2D eigenvalue weighted by atomic mass is 79.9. The van der Waals surface area contributed by atoms with Gasteiger partial charge in [0.25, 0.3) is 0 Å². The molecule has 0 saturated carbocycles. The molecule has 2 heterocycles. The number of ether oxygens (including phenoxy) is 1. The number of aliphatic imine (C=N–C) groups is 1. The van der Waals surface area contributed by atoms with Crippen LogP contribution in [-0.2, 0) is 9.53 Å². The summed E-state index contributed by atoms with van der Waals surface area (Å²) < 4.78 is 45.7. The lowest BCUT2D eigenvalue weighted by Crippen LogP contribution is -2.35. The molecule has 146 valence electrons. The molecule has 0 spiro atoms. The van der Waals surface area contributed by atoms with E-state index in [9.17, 15) is 18.0 Å². The fraction of sp³-hybridized carbons (Fsp3) is 0.167. The van der Waals surface area contributed by atoms with E-state index in [-0.39, 0.29) is 27.5 Å². The first-order chi connectivity index (χ1) is 13.3. The lowest BCUT2D eigenvalue weighted by atomic mass is 9.95. The second kappa shape index (κ2) is 8.32. The van der Waals surface area contributed by atoms with Gasteiger partial charge >= 0.3 is 5.97 Å². The molecule has 1 aliphatic rings. The number of allylic oxidation sites excluding steroid dienone is 1. The van der Waals surface area contributed by atoms with Crippen molar-refractivity contribution in [2.45, 2.75) is 6.04 Å². The Hall–Kier alpha value is -2.39. The lowest BCUT2D eigenvalue weighted by Gasteiger charge is -2.27. The normalized spacial score (nSPS) is 16.5. The van der Waals surface area contributed by atoms with E-state index < -0.39 is 29.5 Å². The van der Waals surface area contributed by atoms with Crippen molar-refractivity contribution in [2.75, 3.05) is 12.4 Å². The third kappa shape index (κ3) is 3.90. The smallest absolute Gasteiger partial charge is 0.338 e. The third-order valence-electron chi connectivity index (χ3n) is 3.95. The molecule has 3 rings (SSSR count). The summed E-state index contributed by atoms with van der Waals surface area (Å²) in [6.07, 6.45) is 0.843. The van der Waals surface area contributed by atoms with Gasteiger partial charge < -0.3 is 10.1 Å². The molecular formula is C18H12BrClF3N3O2. The highest BCUT2D eigenvalue weighted by Gasteiger charge is 2.33. The van der Waals surface area contributed by atoms with E-state index in [0.717, 1.165) is 18.3 Å². The zero-order valence-corrected chi connectivity index (χ0v) is 16.6. The van der Waals surface area contributed by atoms with Crippen LogP contribution in [0.4, 0.5) is 13.2 Å². The van der Waals surface area contributed by atoms with Crippen molar-refractivity contribution in [3.8, 4) is 0 Å². The highest BCUT2D eigenvalue weighted by molar-refractivity contribution is 9.09. The van der Waals surface area contributed by atoms with Crippen LogP contribution in [0.1, 0.15) is 17.3 Å². The zero-order chi connectivity index (χ0) is 20.4. The van der Waals surface area contributed by atoms with Crippen LogP contribution in [0, 0.1) is 17.5 Å². The van der Waals surface area contributed by atoms with Crippen LogP contribution in [0.3, 0.4) is 0 Å². The van der Waals surface area contributed by atoms with Crippen molar-refractivity contribution >= 4 is 39.3 Å². The summed E-state index contributed by atoms with van der Waals surface area (Å²) in [4.78, 5) is 20.5. The van der Waals surface area contributed by atoms with E-state index >= 15 is 0 Å². The Balaban J connectivity index is 2.20. The minimum absolute atomic E-state index is 0.0258. The van der Waals surface area contributed by atoms with Gasteiger partial charge in [0.1, 0.15) is 23.4 Å². The summed E-state index contributed by atoms with van der Waals surface area (Å²) >= 11 is 9.42. The Bertz CT molecular complexity index is 1010. The van der Waals surface area contributed by atoms with E-state index in [1.54, 1.807) is 0 Å². The van der Waals surface area contributed by atoms with Gasteiger partial charge in [-0.1, -0.05) is 33.6 Å². The number of pyridine rings is 1. The maximum atomic E-state index is 14.2. The first kappa shape index (κ1) is 20.3. The van der Waals surface area contributed by atoms with Gasteiger partial charge in [0.15, 0.2) is 11.7 Å². The summed E-state index contributed by atoms with van der Waals surface area (Å²) in [5, 5.41) is 3.00. The van der Waals surface area contributed by atoms with Crippen LogP contribution < -0.4 is 5.32 Å². The van der Waals surface area contributed by atoms with Gasteiger partial charge in [0.05, 0.1) is 18.9 Å². The number of carbonyl (C=O) groups excluding carboxylic acids is 1. The van der Waals surface area contributed by atoms with Gasteiger partial charge in [-0.25, -0.2) is 22.9 Å². The average molecular weight is 475 g/mol. The van der Waals surface area contributed by atoms with Crippen LogP contribution in [0.25, 0.3) is 0 Å². The van der Waals surface area contributed by atoms with Crippen molar-refractivity contribution in [1.29, 1.82) is 0 Å². The SMILES string of the molecule is COC(=O)C1=C(CBr)NC(c2ncc(F)cc2F)=N[C@@H]1c1ccc(F)cc1Cl.